The summed E-state index contributed by atoms with van der Waals surface area (Å²) in [5, 5.41) is 5.84. The van der Waals surface area contributed by atoms with E-state index in [4.69, 9.17) is 0 Å². The Balaban J connectivity index is 1.58. The van der Waals surface area contributed by atoms with Crippen LogP contribution in [0, 0.1) is 19.8 Å². The number of hydrogen-bond donors (Lipinski definition) is 2. The Morgan fingerprint density at radius 3 is 2.31 bits per heavy atom. The molecule has 1 aliphatic heterocycles. The maximum atomic E-state index is 13.5. The lowest BCUT2D eigenvalue weighted by atomic mass is 10.0. The summed E-state index contributed by atoms with van der Waals surface area (Å²) in [5.74, 6) is -0.169. The molecule has 4 rings (SSSR count). The van der Waals surface area contributed by atoms with Crippen LogP contribution in [0.5, 0.6) is 0 Å². The molecule has 35 heavy (non-hydrogen) atoms. The lowest BCUT2D eigenvalue weighted by molar-refractivity contribution is -0.123. The first-order valence-electron chi connectivity index (χ1n) is 12.4. The van der Waals surface area contributed by atoms with Gasteiger partial charge >= 0.3 is 0 Å². The lowest BCUT2D eigenvalue weighted by Crippen LogP contribution is -2.48. The van der Waals surface area contributed by atoms with E-state index < -0.39 is 22.0 Å². The minimum Gasteiger partial charge on any atom is -0.352 e. The Morgan fingerprint density at radius 2 is 1.69 bits per heavy atom. The fourth-order valence-corrected chi connectivity index (χ4v) is 6.21. The van der Waals surface area contributed by atoms with E-state index in [2.05, 4.69) is 17.6 Å². The van der Waals surface area contributed by atoms with E-state index >= 15 is 0 Å². The summed E-state index contributed by atoms with van der Waals surface area (Å²) in [6.07, 6.45) is 3.91. The van der Waals surface area contributed by atoms with Gasteiger partial charge in [0.1, 0.15) is 6.04 Å². The number of piperidine rings is 1. The number of carbonyl (C=O) groups is 2. The summed E-state index contributed by atoms with van der Waals surface area (Å²) in [4.78, 5) is 26.4. The number of amides is 2. The third kappa shape index (κ3) is 6.11. The second-order valence-electron chi connectivity index (χ2n) is 10.0. The molecule has 0 bridgehead atoms. The molecule has 7 nitrogen and oxygen atoms in total. The smallest absolute Gasteiger partial charge is 0.251 e. The number of benzene rings is 2. The van der Waals surface area contributed by atoms with E-state index in [0.29, 0.717) is 31.0 Å². The van der Waals surface area contributed by atoms with E-state index in [-0.39, 0.29) is 22.4 Å². The molecule has 2 aromatic carbocycles. The normalized spacial score (nSPS) is 18.1. The molecule has 2 amide bonds. The molecular formula is C27H35N3O4S. The Kier molecular flexibility index (Phi) is 7.62. The monoisotopic (exact) mass is 497 g/mol. The summed E-state index contributed by atoms with van der Waals surface area (Å²) in [6, 6.07) is 12.1. The third-order valence-electron chi connectivity index (χ3n) is 7.07. The molecule has 8 heteroatoms. The average Bonchev–Trinajstić information content (AvgIpc) is 3.65. The van der Waals surface area contributed by atoms with Crippen molar-refractivity contribution < 1.29 is 18.0 Å². The van der Waals surface area contributed by atoms with E-state index in [1.54, 1.807) is 13.0 Å². The molecule has 188 valence electrons. The highest BCUT2D eigenvalue weighted by atomic mass is 32.2. The quantitative estimate of drug-likeness (QED) is 0.585. The second-order valence-corrected chi connectivity index (χ2v) is 11.9. The van der Waals surface area contributed by atoms with Crippen LogP contribution in [-0.4, -0.2) is 49.7 Å². The number of nitrogens with one attached hydrogen (secondary N) is 2. The van der Waals surface area contributed by atoms with Crippen molar-refractivity contribution in [2.75, 3.05) is 13.1 Å². The first kappa shape index (κ1) is 25.4. The third-order valence-corrected chi connectivity index (χ3v) is 9.10. The molecule has 0 radical (unpaired) electrons. The minimum absolute atomic E-state index is 0.166. The van der Waals surface area contributed by atoms with Crippen molar-refractivity contribution in [3.8, 4) is 0 Å². The maximum Gasteiger partial charge on any atom is 0.251 e. The Bertz CT molecular complexity index is 1180. The zero-order valence-electron chi connectivity index (χ0n) is 20.7. The summed E-state index contributed by atoms with van der Waals surface area (Å²) in [6.45, 7) is 6.69. The molecule has 2 aromatic rings. The number of rotatable bonds is 8. The Morgan fingerprint density at radius 1 is 1.03 bits per heavy atom. The first-order chi connectivity index (χ1) is 16.6. The molecule has 2 aliphatic rings. The van der Waals surface area contributed by atoms with Crippen molar-refractivity contribution in [1.82, 2.24) is 14.9 Å². The van der Waals surface area contributed by atoms with Crippen LogP contribution in [0.2, 0.25) is 0 Å². The first-order valence-corrected chi connectivity index (χ1v) is 13.9. The summed E-state index contributed by atoms with van der Waals surface area (Å²) < 4.78 is 28.5. The molecule has 2 N–H and O–H groups in total. The zero-order valence-corrected chi connectivity index (χ0v) is 21.5. The fourth-order valence-electron chi connectivity index (χ4n) is 4.42. The topological polar surface area (TPSA) is 95.6 Å². The highest BCUT2D eigenvalue weighted by Crippen LogP contribution is 2.28. The van der Waals surface area contributed by atoms with Gasteiger partial charge in [0.05, 0.1) is 4.90 Å². The lowest BCUT2D eigenvalue weighted by Gasteiger charge is -2.30. The van der Waals surface area contributed by atoms with Gasteiger partial charge in [0.15, 0.2) is 0 Å². The van der Waals surface area contributed by atoms with Crippen LogP contribution in [0.25, 0.3) is 0 Å². The standard InChI is InChI=1S/C27H35N3O4S/c1-18-11-13-30(14-12-18)35(33,34)25-17-22(15-19(2)20(25)3)26(31)29-24(27(32)28-23-9-10-23)16-21-7-5-4-6-8-21/h4-8,15,17-18,23-24H,9-14,16H2,1-3H3,(H,28,32)(H,29,31). The van der Waals surface area contributed by atoms with Gasteiger partial charge in [0.2, 0.25) is 15.9 Å². The number of hydrogen-bond acceptors (Lipinski definition) is 4. The van der Waals surface area contributed by atoms with E-state index in [0.717, 1.165) is 36.8 Å². The predicted octanol–water partition coefficient (Wildman–Crippen LogP) is 3.34. The van der Waals surface area contributed by atoms with Crippen molar-refractivity contribution in [1.29, 1.82) is 0 Å². The summed E-state index contributed by atoms with van der Waals surface area (Å²) in [7, 11) is -3.72. The van der Waals surface area contributed by atoms with Gasteiger partial charge in [-0.05, 0) is 74.3 Å². The molecule has 1 heterocycles. The fraction of sp³-hybridized carbons (Fsp3) is 0.481. The minimum atomic E-state index is -3.72. The summed E-state index contributed by atoms with van der Waals surface area (Å²) in [5.41, 5.74) is 2.55. The highest BCUT2D eigenvalue weighted by Gasteiger charge is 2.32. The van der Waals surface area contributed by atoms with E-state index in [9.17, 15) is 18.0 Å². The molecule has 1 atom stereocenters. The van der Waals surface area contributed by atoms with Gasteiger partial charge in [-0.3, -0.25) is 9.59 Å². The van der Waals surface area contributed by atoms with Gasteiger partial charge in [0, 0.05) is 31.1 Å². The predicted molar refractivity (Wildman–Crippen MR) is 136 cm³/mol. The molecule has 0 spiro atoms. The van der Waals surface area contributed by atoms with Gasteiger partial charge in [0.25, 0.3) is 5.91 Å². The molecule has 2 fully saturated rings. The van der Waals surface area contributed by atoms with Crippen molar-refractivity contribution in [2.24, 2.45) is 5.92 Å². The average molecular weight is 498 g/mol. The van der Waals surface area contributed by atoms with Gasteiger partial charge in [-0.1, -0.05) is 37.3 Å². The van der Waals surface area contributed by atoms with Crippen molar-refractivity contribution in [3.05, 3.63) is 64.7 Å². The molecular weight excluding hydrogens is 462 g/mol. The van der Waals surface area contributed by atoms with Gasteiger partial charge in [-0.15, -0.1) is 0 Å². The zero-order chi connectivity index (χ0) is 25.2. The SMILES string of the molecule is Cc1cc(C(=O)NC(Cc2ccccc2)C(=O)NC2CC2)cc(S(=O)(=O)N2CCC(C)CC2)c1C. The number of sulfonamides is 1. The largest absolute Gasteiger partial charge is 0.352 e. The van der Waals surface area contributed by atoms with Crippen LogP contribution in [0.1, 0.15) is 59.7 Å². The van der Waals surface area contributed by atoms with Crippen LogP contribution < -0.4 is 10.6 Å². The van der Waals surface area contributed by atoms with E-state index in [1.165, 1.54) is 10.4 Å². The van der Waals surface area contributed by atoms with E-state index in [1.807, 2.05) is 37.3 Å². The van der Waals surface area contributed by atoms with Crippen molar-refractivity contribution in [2.45, 2.75) is 69.9 Å². The molecule has 1 aliphatic carbocycles. The second kappa shape index (κ2) is 10.5. The molecule has 1 saturated carbocycles. The Hall–Kier alpha value is -2.71. The van der Waals surface area contributed by atoms with Crippen LogP contribution in [0.3, 0.4) is 0 Å². The van der Waals surface area contributed by atoms with Crippen LogP contribution in [-0.2, 0) is 21.2 Å². The van der Waals surface area contributed by atoms with Crippen molar-refractivity contribution in [3.63, 3.8) is 0 Å². The highest BCUT2D eigenvalue weighted by molar-refractivity contribution is 7.89. The number of aryl methyl sites for hydroxylation is 1. The van der Waals surface area contributed by atoms with Gasteiger partial charge in [-0.25, -0.2) is 8.42 Å². The molecule has 1 unspecified atom stereocenters. The number of nitrogens with zero attached hydrogens (tertiary/aromatic N) is 1. The maximum absolute atomic E-state index is 13.5. The molecule has 0 aromatic heterocycles. The number of carbonyl (C=O) groups excluding carboxylic acids is 2. The van der Waals surface area contributed by atoms with Gasteiger partial charge < -0.3 is 10.6 Å². The Labute approximate surface area is 208 Å². The van der Waals surface area contributed by atoms with Crippen LogP contribution >= 0.6 is 0 Å². The van der Waals surface area contributed by atoms with Crippen molar-refractivity contribution >= 4 is 21.8 Å². The van der Waals surface area contributed by atoms with Gasteiger partial charge in [-0.2, -0.15) is 4.31 Å². The molecule has 1 saturated heterocycles. The van der Waals surface area contributed by atoms with Crippen LogP contribution in [0.15, 0.2) is 47.4 Å². The summed E-state index contributed by atoms with van der Waals surface area (Å²) >= 11 is 0. The van der Waals surface area contributed by atoms with Crippen LogP contribution in [0.4, 0.5) is 0 Å².